The zero-order chi connectivity index (χ0) is 15.1. The summed E-state index contributed by atoms with van der Waals surface area (Å²) < 4.78 is 6.05. The largest absolute Gasteiger partial charge is 0.391 e. The summed E-state index contributed by atoms with van der Waals surface area (Å²) in [7, 11) is 4.33. The molecule has 0 aromatic heterocycles. The first-order chi connectivity index (χ1) is 9.97. The Bertz CT molecular complexity index is 356. The number of aliphatic hydroxyl groups excluding tert-OH is 1. The molecule has 2 atom stereocenters. The van der Waals surface area contributed by atoms with Crippen molar-refractivity contribution in [3.05, 3.63) is 0 Å². The van der Waals surface area contributed by atoms with E-state index in [0.717, 1.165) is 38.2 Å². The molecule has 122 valence electrons. The van der Waals surface area contributed by atoms with Gasteiger partial charge in [0.2, 0.25) is 0 Å². The number of nitrogens with zero attached hydrogens (tertiary/aromatic N) is 1. The minimum atomic E-state index is -0.193. The molecule has 1 spiro atoms. The number of likely N-dealkylation sites (N-methyl/N-ethyl adjacent to an activating group) is 1. The third-order valence-electron chi connectivity index (χ3n) is 6.82. The SMILES string of the molecule is CC1CCC(C(O)C2CCOC3(CCC3)C2)(N(C)C)CC1. The Morgan fingerprint density at radius 3 is 2.29 bits per heavy atom. The van der Waals surface area contributed by atoms with Gasteiger partial charge in [0.25, 0.3) is 0 Å². The first kappa shape index (κ1) is 15.8. The number of ether oxygens (including phenoxy) is 1. The van der Waals surface area contributed by atoms with E-state index in [2.05, 4.69) is 25.9 Å². The Hall–Kier alpha value is -0.120. The van der Waals surface area contributed by atoms with Gasteiger partial charge in [-0.2, -0.15) is 0 Å². The summed E-state index contributed by atoms with van der Waals surface area (Å²) in [5, 5.41) is 11.3. The quantitative estimate of drug-likeness (QED) is 0.868. The lowest BCUT2D eigenvalue weighted by Gasteiger charge is -2.54. The van der Waals surface area contributed by atoms with E-state index >= 15 is 0 Å². The molecule has 0 radical (unpaired) electrons. The predicted octanol–water partition coefficient (Wildman–Crippen LogP) is 3.21. The second-order valence-corrected chi connectivity index (χ2v) is 8.26. The van der Waals surface area contributed by atoms with Gasteiger partial charge in [-0.3, -0.25) is 0 Å². The van der Waals surface area contributed by atoms with Gasteiger partial charge in [-0.05, 0) is 83.7 Å². The molecule has 0 aromatic carbocycles. The van der Waals surface area contributed by atoms with E-state index in [-0.39, 0.29) is 17.2 Å². The Morgan fingerprint density at radius 1 is 1.10 bits per heavy atom. The maximum absolute atomic E-state index is 11.3. The van der Waals surface area contributed by atoms with Gasteiger partial charge in [-0.25, -0.2) is 0 Å². The molecule has 3 rings (SSSR count). The molecule has 3 fully saturated rings. The van der Waals surface area contributed by atoms with Crippen LogP contribution >= 0.6 is 0 Å². The summed E-state index contributed by atoms with van der Waals surface area (Å²) in [5.74, 6) is 1.24. The van der Waals surface area contributed by atoms with Gasteiger partial charge in [-0.15, -0.1) is 0 Å². The lowest BCUT2D eigenvalue weighted by atomic mass is 9.64. The van der Waals surface area contributed by atoms with Crippen molar-refractivity contribution in [1.82, 2.24) is 4.90 Å². The fraction of sp³-hybridized carbons (Fsp3) is 1.00. The predicted molar refractivity (Wildman–Crippen MR) is 85.3 cm³/mol. The smallest absolute Gasteiger partial charge is 0.0753 e. The van der Waals surface area contributed by atoms with E-state index in [1.807, 2.05) is 0 Å². The third kappa shape index (κ3) is 2.77. The monoisotopic (exact) mass is 295 g/mol. The highest BCUT2D eigenvalue weighted by molar-refractivity contribution is 5.04. The van der Waals surface area contributed by atoms with Crippen molar-refractivity contribution < 1.29 is 9.84 Å². The van der Waals surface area contributed by atoms with E-state index in [9.17, 15) is 5.11 Å². The average molecular weight is 295 g/mol. The van der Waals surface area contributed by atoms with E-state index in [1.165, 1.54) is 32.1 Å². The molecular weight excluding hydrogens is 262 g/mol. The lowest BCUT2D eigenvalue weighted by Crippen LogP contribution is -2.60. The van der Waals surface area contributed by atoms with Gasteiger partial charge in [0, 0.05) is 12.1 Å². The van der Waals surface area contributed by atoms with Crippen LogP contribution in [0.4, 0.5) is 0 Å². The summed E-state index contributed by atoms with van der Waals surface area (Å²) in [6, 6.07) is 0. The summed E-state index contributed by atoms with van der Waals surface area (Å²) in [4.78, 5) is 2.33. The normalized spacial score (nSPS) is 41.0. The second kappa shape index (κ2) is 5.82. The van der Waals surface area contributed by atoms with E-state index < -0.39 is 0 Å². The number of rotatable bonds is 3. The van der Waals surface area contributed by atoms with Crippen LogP contribution < -0.4 is 0 Å². The van der Waals surface area contributed by atoms with Crippen molar-refractivity contribution in [2.45, 2.75) is 82.0 Å². The molecule has 1 heterocycles. The molecule has 1 aliphatic heterocycles. The molecule has 3 nitrogen and oxygen atoms in total. The highest BCUT2D eigenvalue weighted by atomic mass is 16.5. The maximum Gasteiger partial charge on any atom is 0.0753 e. The van der Waals surface area contributed by atoms with Crippen LogP contribution in [-0.2, 0) is 4.74 Å². The van der Waals surface area contributed by atoms with Crippen molar-refractivity contribution in [3.63, 3.8) is 0 Å². The number of hydrogen-bond acceptors (Lipinski definition) is 3. The first-order valence-corrected chi connectivity index (χ1v) is 8.97. The first-order valence-electron chi connectivity index (χ1n) is 8.97. The van der Waals surface area contributed by atoms with Gasteiger partial charge in [0.05, 0.1) is 11.7 Å². The fourth-order valence-corrected chi connectivity index (χ4v) is 4.96. The third-order valence-corrected chi connectivity index (χ3v) is 6.82. The summed E-state index contributed by atoms with van der Waals surface area (Å²) in [6.07, 6.45) is 10.4. The molecule has 2 saturated carbocycles. The minimum absolute atomic E-state index is 0.000542. The Balaban J connectivity index is 1.73. The summed E-state index contributed by atoms with van der Waals surface area (Å²) in [5.41, 5.74) is 0.138. The van der Waals surface area contributed by atoms with Crippen LogP contribution in [0.5, 0.6) is 0 Å². The van der Waals surface area contributed by atoms with Crippen LogP contribution in [0, 0.1) is 11.8 Å². The summed E-state index contributed by atoms with van der Waals surface area (Å²) >= 11 is 0. The molecule has 1 saturated heterocycles. The van der Waals surface area contributed by atoms with Crippen LogP contribution in [0.1, 0.15) is 64.7 Å². The van der Waals surface area contributed by atoms with Crippen LogP contribution in [0.15, 0.2) is 0 Å². The number of aliphatic hydroxyl groups is 1. The molecular formula is C18H33NO2. The molecule has 0 aromatic rings. The molecule has 3 heteroatoms. The molecule has 2 unspecified atom stereocenters. The van der Waals surface area contributed by atoms with Crippen LogP contribution in [0.2, 0.25) is 0 Å². The summed E-state index contributed by atoms with van der Waals surface area (Å²) in [6.45, 7) is 3.20. The van der Waals surface area contributed by atoms with Crippen LogP contribution in [-0.4, -0.2) is 48.0 Å². The van der Waals surface area contributed by atoms with E-state index in [4.69, 9.17) is 4.74 Å². The maximum atomic E-state index is 11.3. The lowest BCUT2D eigenvalue weighted by molar-refractivity contribution is -0.173. The Kier molecular flexibility index (Phi) is 4.37. The van der Waals surface area contributed by atoms with Crippen LogP contribution in [0.25, 0.3) is 0 Å². The highest BCUT2D eigenvalue weighted by Crippen LogP contribution is 2.48. The van der Waals surface area contributed by atoms with Gasteiger partial charge < -0.3 is 14.7 Å². The fourth-order valence-electron chi connectivity index (χ4n) is 4.96. The van der Waals surface area contributed by atoms with Gasteiger partial charge in [0.1, 0.15) is 0 Å². The van der Waals surface area contributed by atoms with Crippen molar-refractivity contribution >= 4 is 0 Å². The Labute approximate surface area is 130 Å². The van der Waals surface area contributed by atoms with Crippen molar-refractivity contribution in [1.29, 1.82) is 0 Å². The number of hydrogen-bond donors (Lipinski definition) is 1. The molecule has 3 aliphatic rings. The van der Waals surface area contributed by atoms with Gasteiger partial charge in [-0.1, -0.05) is 6.92 Å². The highest BCUT2D eigenvalue weighted by Gasteiger charge is 2.50. The van der Waals surface area contributed by atoms with Gasteiger partial charge >= 0.3 is 0 Å². The second-order valence-electron chi connectivity index (χ2n) is 8.26. The zero-order valence-corrected chi connectivity index (χ0v) is 14.1. The van der Waals surface area contributed by atoms with E-state index in [1.54, 1.807) is 0 Å². The van der Waals surface area contributed by atoms with Gasteiger partial charge in [0.15, 0.2) is 0 Å². The molecule has 21 heavy (non-hydrogen) atoms. The van der Waals surface area contributed by atoms with Crippen molar-refractivity contribution in [2.24, 2.45) is 11.8 Å². The van der Waals surface area contributed by atoms with Crippen molar-refractivity contribution in [3.8, 4) is 0 Å². The van der Waals surface area contributed by atoms with Crippen LogP contribution in [0.3, 0.4) is 0 Å². The topological polar surface area (TPSA) is 32.7 Å². The molecule has 1 N–H and O–H groups in total. The van der Waals surface area contributed by atoms with E-state index in [0.29, 0.717) is 5.92 Å². The molecule has 2 aliphatic carbocycles. The van der Waals surface area contributed by atoms with Crippen molar-refractivity contribution in [2.75, 3.05) is 20.7 Å². The minimum Gasteiger partial charge on any atom is -0.391 e. The Morgan fingerprint density at radius 2 is 1.76 bits per heavy atom. The zero-order valence-electron chi connectivity index (χ0n) is 14.1. The molecule has 0 amide bonds. The standard InChI is InChI=1S/C18H33NO2/c1-14-5-10-18(11-6-14,19(2)3)16(20)15-7-12-21-17(13-15)8-4-9-17/h14-16,20H,4-13H2,1-3H3. The molecule has 0 bridgehead atoms. The average Bonchev–Trinajstić information content (AvgIpc) is 2.46.